The second kappa shape index (κ2) is 8.07. The zero-order valence-corrected chi connectivity index (χ0v) is 16.1. The maximum Gasteiger partial charge on any atom is 0.490 e. The lowest BCUT2D eigenvalue weighted by atomic mass is 10.1. The first kappa shape index (κ1) is 21.8. The van der Waals surface area contributed by atoms with E-state index in [0.717, 1.165) is 48.2 Å². The van der Waals surface area contributed by atoms with Crippen molar-refractivity contribution >= 4 is 26.9 Å². The van der Waals surface area contributed by atoms with Gasteiger partial charge in [0.15, 0.2) is 0 Å². The van der Waals surface area contributed by atoms with Crippen molar-refractivity contribution in [1.82, 2.24) is 9.29 Å². The molecule has 2 aromatic carbocycles. The molecular formula is C19H16F4N2O4S. The maximum absolute atomic E-state index is 13.1. The van der Waals surface area contributed by atoms with Gasteiger partial charge in [0.2, 0.25) is 0 Å². The van der Waals surface area contributed by atoms with Crippen LogP contribution in [0, 0.1) is 5.82 Å². The van der Waals surface area contributed by atoms with Crippen LogP contribution in [0.3, 0.4) is 0 Å². The quantitative estimate of drug-likeness (QED) is 0.593. The van der Waals surface area contributed by atoms with E-state index in [0.29, 0.717) is 5.52 Å². The summed E-state index contributed by atoms with van der Waals surface area (Å²) in [5.74, 6) is -3.21. The average molecular weight is 444 g/mol. The van der Waals surface area contributed by atoms with Gasteiger partial charge in [0, 0.05) is 18.1 Å². The molecule has 1 aromatic heterocycles. The van der Waals surface area contributed by atoms with Gasteiger partial charge in [0.1, 0.15) is 5.82 Å². The number of halogens is 4. The minimum Gasteiger partial charge on any atom is -0.475 e. The van der Waals surface area contributed by atoms with Gasteiger partial charge in [-0.1, -0.05) is 12.1 Å². The van der Waals surface area contributed by atoms with Crippen molar-refractivity contribution in [3.05, 3.63) is 65.6 Å². The summed E-state index contributed by atoms with van der Waals surface area (Å²) in [6.45, 7) is 1.54. The number of aromatic nitrogens is 1. The smallest absolute Gasteiger partial charge is 0.475 e. The van der Waals surface area contributed by atoms with Crippen molar-refractivity contribution in [2.45, 2.75) is 24.0 Å². The van der Waals surface area contributed by atoms with Crippen molar-refractivity contribution in [3.63, 3.8) is 0 Å². The summed E-state index contributed by atoms with van der Waals surface area (Å²) in [5, 5.41) is 11.5. The molecule has 160 valence electrons. The number of rotatable bonds is 2. The van der Waals surface area contributed by atoms with Crippen LogP contribution in [-0.4, -0.2) is 36.2 Å². The molecule has 0 spiro atoms. The van der Waals surface area contributed by atoms with Gasteiger partial charge >= 0.3 is 12.1 Å². The van der Waals surface area contributed by atoms with E-state index in [1.54, 1.807) is 6.20 Å². The molecule has 3 aromatic rings. The fourth-order valence-electron chi connectivity index (χ4n) is 3.12. The number of carbonyl (C=O) groups is 1. The van der Waals surface area contributed by atoms with Gasteiger partial charge < -0.3 is 10.4 Å². The third-order valence-electron chi connectivity index (χ3n) is 4.46. The molecule has 11 heteroatoms. The SMILES string of the molecule is O=C(O)C(F)(F)F.O=S(=O)(c1ccc(F)cc1)n1cc2c3c(cccc31)CNCC2. The third-order valence-corrected chi connectivity index (χ3v) is 6.15. The largest absolute Gasteiger partial charge is 0.490 e. The Kier molecular flexibility index (Phi) is 5.86. The zero-order valence-electron chi connectivity index (χ0n) is 15.3. The number of hydrogen-bond acceptors (Lipinski definition) is 4. The van der Waals surface area contributed by atoms with Crippen LogP contribution < -0.4 is 5.32 Å². The summed E-state index contributed by atoms with van der Waals surface area (Å²) in [6, 6.07) is 10.6. The van der Waals surface area contributed by atoms with E-state index in [-0.39, 0.29) is 4.90 Å². The zero-order chi connectivity index (χ0) is 22.1. The number of nitrogens with zero attached hydrogens (tertiary/aromatic N) is 1. The molecular weight excluding hydrogens is 428 g/mol. The lowest BCUT2D eigenvalue weighted by Crippen LogP contribution is -2.21. The fraction of sp³-hybridized carbons (Fsp3) is 0.211. The van der Waals surface area contributed by atoms with Crippen LogP contribution in [-0.2, 0) is 27.8 Å². The molecule has 2 heterocycles. The topological polar surface area (TPSA) is 88.4 Å². The van der Waals surface area contributed by atoms with Crippen molar-refractivity contribution in [1.29, 1.82) is 0 Å². The van der Waals surface area contributed by atoms with E-state index in [4.69, 9.17) is 9.90 Å². The average Bonchev–Trinajstić information content (AvgIpc) is 2.92. The number of carboxylic acid groups (broad SMARTS) is 1. The number of hydrogen-bond donors (Lipinski definition) is 2. The highest BCUT2D eigenvalue weighted by molar-refractivity contribution is 7.90. The molecule has 0 amide bonds. The summed E-state index contributed by atoms with van der Waals surface area (Å²) in [4.78, 5) is 8.98. The Bertz CT molecular complexity index is 1190. The van der Waals surface area contributed by atoms with E-state index in [1.165, 1.54) is 16.1 Å². The molecule has 2 N–H and O–H groups in total. The maximum atomic E-state index is 13.1. The first-order valence-corrected chi connectivity index (χ1v) is 10.1. The summed E-state index contributed by atoms with van der Waals surface area (Å²) in [6.07, 6.45) is -2.61. The Hall–Kier alpha value is -2.92. The highest BCUT2D eigenvalue weighted by atomic mass is 32.2. The standard InChI is InChI=1S/C17H15FN2O2S.C2HF3O2/c18-14-4-6-15(7-5-14)23(21,22)20-11-13-8-9-19-10-12-2-1-3-16(20)17(12)13;3-2(4,5)1(6)7/h1-7,11,19H,8-10H2;(H,6,7). The summed E-state index contributed by atoms with van der Waals surface area (Å²) < 4.78 is 72.0. The minimum absolute atomic E-state index is 0.0861. The molecule has 0 atom stereocenters. The minimum atomic E-state index is -5.08. The fourth-order valence-corrected chi connectivity index (χ4v) is 4.50. The highest BCUT2D eigenvalue weighted by Crippen LogP contribution is 2.30. The number of aliphatic carboxylic acids is 1. The molecule has 1 aliphatic rings. The van der Waals surface area contributed by atoms with E-state index >= 15 is 0 Å². The molecule has 0 bridgehead atoms. The van der Waals surface area contributed by atoms with Gasteiger partial charge in [-0.2, -0.15) is 13.2 Å². The molecule has 0 radical (unpaired) electrons. The molecule has 6 nitrogen and oxygen atoms in total. The van der Waals surface area contributed by atoms with Gasteiger partial charge in [-0.25, -0.2) is 21.6 Å². The monoisotopic (exact) mass is 444 g/mol. The van der Waals surface area contributed by atoms with Gasteiger partial charge in [0.05, 0.1) is 10.4 Å². The van der Waals surface area contributed by atoms with Crippen molar-refractivity contribution in [3.8, 4) is 0 Å². The highest BCUT2D eigenvalue weighted by Gasteiger charge is 2.38. The normalized spacial score (nSPS) is 14.0. The molecule has 0 saturated heterocycles. The van der Waals surface area contributed by atoms with Crippen LogP contribution >= 0.6 is 0 Å². The van der Waals surface area contributed by atoms with Crippen LogP contribution in [0.25, 0.3) is 10.9 Å². The molecule has 0 saturated carbocycles. The number of carboxylic acids is 1. The first-order chi connectivity index (χ1) is 14.0. The lowest BCUT2D eigenvalue weighted by molar-refractivity contribution is -0.192. The van der Waals surface area contributed by atoms with E-state index in [2.05, 4.69) is 5.32 Å². The Labute approximate surface area is 168 Å². The van der Waals surface area contributed by atoms with Gasteiger partial charge in [-0.05, 0) is 54.4 Å². The van der Waals surface area contributed by atoms with Gasteiger partial charge in [0.25, 0.3) is 10.0 Å². The van der Waals surface area contributed by atoms with Gasteiger partial charge in [-0.3, -0.25) is 0 Å². The molecule has 0 aliphatic carbocycles. The predicted molar refractivity (Wildman–Crippen MR) is 100 cm³/mol. The number of nitrogens with one attached hydrogen (secondary N) is 1. The Balaban J connectivity index is 0.000000318. The first-order valence-electron chi connectivity index (χ1n) is 8.65. The Morgan fingerprint density at radius 2 is 1.70 bits per heavy atom. The Morgan fingerprint density at radius 3 is 2.30 bits per heavy atom. The van der Waals surface area contributed by atoms with Crippen LogP contribution in [0.2, 0.25) is 0 Å². The number of benzene rings is 2. The lowest BCUT2D eigenvalue weighted by Gasteiger charge is -2.09. The van der Waals surface area contributed by atoms with Crippen LogP contribution in [0.15, 0.2) is 53.6 Å². The Morgan fingerprint density at radius 1 is 1.07 bits per heavy atom. The van der Waals surface area contributed by atoms with Crippen LogP contribution in [0.5, 0.6) is 0 Å². The van der Waals surface area contributed by atoms with E-state index in [1.807, 2.05) is 18.2 Å². The second-order valence-electron chi connectivity index (χ2n) is 6.45. The van der Waals surface area contributed by atoms with Crippen molar-refractivity contribution in [2.75, 3.05) is 6.54 Å². The van der Waals surface area contributed by atoms with Crippen molar-refractivity contribution in [2.24, 2.45) is 0 Å². The van der Waals surface area contributed by atoms with Gasteiger partial charge in [-0.15, -0.1) is 0 Å². The van der Waals surface area contributed by atoms with Crippen LogP contribution in [0.4, 0.5) is 17.6 Å². The van der Waals surface area contributed by atoms with E-state index in [9.17, 15) is 26.0 Å². The van der Waals surface area contributed by atoms with Crippen molar-refractivity contribution < 1.29 is 35.9 Å². The van der Waals surface area contributed by atoms with Crippen LogP contribution in [0.1, 0.15) is 11.1 Å². The summed E-state index contributed by atoms with van der Waals surface area (Å²) in [5.41, 5.74) is 2.79. The summed E-state index contributed by atoms with van der Waals surface area (Å²) in [7, 11) is -3.74. The predicted octanol–water partition coefficient (Wildman–Crippen LogP) is 3.30. The summed E-state index contributed by atoms with van der Waals surface area (Å²) >= 11 is 0. The molecule has 0 unspecified atom stereocenters. The third kappa shape index (κ3) is 4.31. The molecule has 4 rings (SSSR count). The molecule has 30 heavy (non-hydrogen) atoms. The second-order valence-corrected chi connectivity index (χ2v) is 8.27. The van der Waals surface area contributed by atoms with E-state index < -0.39 is 28.0 Å². The molecule has 1 aliphatic heterocycles. The molecule has 0 fully saturated rings. The number of alkyl halides is 3.